The molecule has 6 heteroatoms. The van der Waals surface area contributed by atoms with Crippen LogP contribution in [0.15, 0.2) is 29.3 Å². The first kappa shape index (κ1) is 19.5. The molecule has 1 heterocycles. The predicted octanol–water partition coefficient (Wildman–Crippen LogP) is 1.93. The molecule has 0 bridgehead atoms. The fourth-order valence-electron chi connectivity index (χ4n) is 2.95. The summed E-state index contributed by atoms with van der Waals surface area (Å²) in [5, 5.41) is 16.0. The number of aliphatic imine (C=N–C) groups is 1. The van der Waals surface area contributed by atoms with Crippen molar-refractivity contribution in [1.82, 2.24) is 10.6 Å². The largest absolute Gasteiger partial charge is 0.491 e. The van der Waals surface area contributed by atoms with Gasteiger partial charge in [-0.25, -0.2) is 0 Å². The molecule has 25 heavy (non-hydrogen) atoms. The van der Waals surface area contributed by atoms with Gasteiger partial charge in [0.25, 0.3) is 0 Å². The van der Waals surface area contributed by atoms with Crippen molar-refractivity contribution in [3.05, 3.63) is 29.8 Å². The highest BCUT2D eigenvalue weighted by Gasteiger charge is 2.34. The minimum Gasteiger partial charge on any atom is -0.491 e. The van der Waals surface area contributed by atoms with Crippen LogP contribution in [-0.2, 0) is 11.3 Å². The Hall–Kier alpha value is -1.79. The molecule has 6 nitrogen and oxygen atoms in total. The van der Waals surface area contributed by atoms with Gasteiger partial charge in [-0.1, -0.05) is 12.1 Å². The first-order valence-corrected chi connectivity index (χ1v) is 8.96. The van der Waals surface area contributed by atoms with E-state index in [9.17, 15) is 5.11 Å². The smallest absolute Gasteiger partial charge is 0.191 e. The second-order valence-corrected chi connectivity index (χ2v) is 6.87. The Balaban J connectivity index is 1.81. The zero-order valence-electron chi connectivity index (χ0n) is 15.5. The molecule has 1 saturated heterocycles. The zero-order valence-corrected chi connectivity index (χ0v) is 15.5. The van der Waals surface area contributed by atoms with Crippen molar-refractivity contribution >= 4 is 5.96 Å². The van der Waals surface area contributed by atoms with Gasteiger partial charge in [-0.05, 0) is 44.4 Å². The van der Waals surface area contributed by atoms with Crippen LogP contribution in [0.5, 0.6) is 5.75 Å². The summed E-state index contributed by atoms with van der Waals surface area (Å²) in [6, 6.07) is 8.07. The van der Waals surface area contributed by atoms with E-state index in [0.717, 1.165) is 43.3 Å². The fourth-order valence-corrected chi connectivity index (χ4v) is 2.95. The van der Waals surface area contributed by atoms with Crippen LogP contribution in [0, 0.1) is 5.41 Å². The zero-order chi connectivity index (χ0) is 18.1. The van der Waals surface area contributed by atoms with E-state index in [-0.39, 0.29) is 18.1 Å². The van der Waals surface area contributed by atoms with Gasteiger partial charge in [0, 0.05) is 38.8 Å². The summed E-state index contributed by atoms with van der Waals surface area (Å²) in [7, 11) is 1.76. The number of hydrogen-bond acceptors (Lipinski definition) is 4. The molecule has 1 unspecified atom stereocenters. The number of aliphatic hydroxyl groups excluding tert-OH is 1. The number of rotatable bonds is 8. The van der Waals surface area contributed by atoms with Crippen molar-refractivity contribution in [3.8, 4) is 5.75 Å². The van der Waals surface area contributed by atoms with Crippen molar-refractivity contribution in [1.29, 1.82) is 0 Å². The molecule has 2 rings (SSSR count). The van der Waals surface area contributed by atoms with Gasteiger partial charge >= 0.3 is 0 Å². The summed E-state index contributed by atoms with van der Waals surface area (Å²) in [5.74, 6) is 1.64. The van der Waals surface area contributed by atoms with Gasteiger partial charge in [-0.2, -0.15) is 0 Å². The SMILES string of the molecule is CN=C(NCc1ccc(OC(C)C)cc1)NCC1(CCO)CCOC1. The number of benzene rings is 1. The Kier molecular flexibility index (Phi) is 7.52. The molecule has 0 saturated carbocycles. The van der Waals surface area contributed by atoms with Gasteiger partial charge in [0.05, 0.1) is 12.7 Å². The second kappa shape index (κ2) is 9.63. The second-order valence-electron chi connectivity index (χ2n) is 6.87. The predicted molar refractivity (Wildman–Crippen MR) is 100.0 cm³/mol. The van der Waals surface area contributed by atoms with E-state index in [1.807, 2.05) is 26.0 Å². The summed E-state index contributed by atoms with van der Waals surface area (Å²) in [6.07, 6.45) is 1.89. The molecule has 1 aromatic carbocycles. The highest BCUT2D eigenvalue weighted by atomic mass is 16.5. The maximum absolute atomic E-state index is 9.30. The van der Waals surface area contributed by atoms with E-state index in [1.54, 1.807) is 7.05 Å². The van der Waals surface area contributed by atoms with Crippen LogP contribution in [0.1, 0.15) is 32.3 Å². The normalized spacial score (nSPS) is 20.8. The molecular formula is C19H31N3O3. The third kappa shape index (κ3) is 6.21. The summed E-state index contributed by atoms with van der Waals surface area (Å²) in [6.45, 7) is 7.10. The Bertz CT molecular complexity index is 537. The van der Waals surface area contributed by atoms with E-state index in [2.05, 4.69) is 27.8 Å². The quantitative estimate of drug-likeness (QED) is 0.494. The Labute approximate surface area is 150 Å². The van der Waals surface area contributed by atoms with Gasteiger partial charge in [-0.15, -0.1) is 0 Å². The van der Waals surface area contributed by atoms with Crippen molar-refractivity contribution in [2.75, 3.05) is 33.4 Å². The van der Waals surface area contributed by atoms with Crippen LogP contribution in [0.4, 0.5) is 0 Å². The standard InChI is InChI=1S/C19H31N3O3/c1-15(2)25-17-6-4-16(5-7-17)12-21-18(20-3)22-13-19(8-10-23)9-11-24-14-19/h4-7,15,23H,8-14H2,1-3H3,(H2,20,21,22). The van der Waals surface area contributed by atoms with Crippen LogP contribution in [0.25, 0.3) is 0 Å². The van der Waals surface area contributed by atoms with E-state index >= 15 is 0 Å². The molecule has 1 aliphatic heterocycles. The van der Waals surface area contributed by atoms with Crippen molar-refractivity contribution in [3.63, 3.8) is 0 Å². The van der Waals surface area contributed by atoms with Crippen molar-refractivity contribution in [2.45, 2.75) is 39.3 Å². The lowest BCUT2D eigenvalue weighted by atomic mass is 9.84. The average Bonchev–Trinajstić information content (AvgIpc) is 3.05. The van der Waals surface area contributed by atoms with Gasteiger partial charge in [-0.3, -0.25) is 4.99 Å². The molecule has 1 aliphatic rings. The topological polar surface area (TPSA) is 75.1 Å². The lowest BCUT2D eigenvalue weighted by Gasteiger charge is -2.27. The van der Waals surface area contributed by atoms with Crippen LogP contribution in [0.2, 0.25) is 0 Å². The van der Waals surface area contributed by atoms with E-state index in [1.165, 1.54) is 0 Å². The van der Waals surface area contributed by atoms with E-state index < -0.39 is 0 Å². The minimum atomic E-state index is 0.00219. The summed E-state index contributed by atoms with van der Waals surface area (Å²) < 4.78 is 11.2. The van der Waals surface area contributed by atoms with Crippen LogP contribution in [-0.4, -0.2) is 50.6 Å². The highest BCUT2D eigenvalue weighted by molar-refractivity contribution is 5.79. The lowest BCUT2D eigenvalue weighted by Crippen LogP contribution is -2.44. The molecule has 1 fully saturated rings. The van der Waals surface area contributed by atoms with Gasteiger partial charge < -0.3 is 25.2 Å². The van der Waals surface area contributed by atoms with Gasteiger partial charge in [0.2, 0.25) is 0 Å². The maximum atomic E-state index is 9.30. The number of hydrogen-bond donors (Lipinski definition) is 3. The van der Waals surface area contributed by atoms with Crippen LogP contribution < -0.4 is 15.4 Å². The van der Waals surface area contributed by atoms with Crippen LogP contribution >= 0.6 is 0 Å². The monoisotopic (exact) mass is 349 g/mol. The fraction of sp³-hybridized carbons (Fsp3) is 0.632. The molecule has 0 radical (unpaired) electrons. The van der Waals surface area contributed by atoms with Gasteiger partial charge in [0.1, 0.15) is 5.75 Å². The Morgan fingerprint density at radius 2 is 2.08 bits per heavy atom. The molecule has 1 atom stereocenters. The number of ether oxygens (including phenoxy) is 2. The molecule has 3 N–H and O–H groups in total. The Morgan fingerprint density at radius 1 is 1.32 bits per heavy atom. The molecule has 0 aliphatic carbocycles. The number of nitrogens with one attached hydrogen (secondary N) is 2. The minimum absolute atomic E-state index is 0.00219. The van der Waals surface area contributed by atoms with Crippen molar-refractivity contribution in [2.24, 2.45) is 10.4 Å². The highest BCUT2D eigenvalue weighted by Crippen LogP contribution is 2.31. The molecule has 0 spiro atoms. The number of nitrogens with zero attached hydrogens (tertiary/aromatic N) is 1. The molecular weight excluding hydrogens is 318 g/mol. The Morgan fingerprint density at radius 3 is 2.64 bits per heavy atom. The first-order valence-electron chi connectivity index (χ1n) is 8.96. The molecule has 0 aromatic heterocycles. The third-order valence-corrected chi connectivity index (χ3v) is 4.44. The summed E-state index contributed by atoms with van der Waals surface area (Å²) in [4.78, 5) is 4.28. The van der Waals surface area contributed by atoms with Crippen LogP contribution in [0.3, 0.4) is 0 Å². The maximum Gasteiger partial charge on any atom is 0.191 e. The van der Waals surface area contributed by atoms with E-state index in [4.69, 9.17) is 9.47 Å². The molecule has 140 valence electrons. The molecule has 0 amide bonds. The summed E-state index contributed by atoms with van der Waals surface area (Å²) >= 11 is 0. The van der Waals surface area contributed by atoms with Gasteiger partial charge in [0.15, 0.2) is 5.96 Å². The average molecular weight is 349 g/mol. The number of guanidine groups is 1. The van der Waals surface area contributed by atoms with E-state index in [0.29, 0.717) is 13.2 Å². The first-order chi connectivity index (χ1) is 12.1. The third-order valence-electron chi connectivity index (χ3n) is 4.44. The van der Waals surface area contributed by atoms with Crippen molar-refractivity contribution < 1.29 is 14.6 Å². The molecule has 1 aromatic rings. The number of aliphatic hydroxyl groups is 1. The lowest BCUT2D eigenvalue weighted by molar-refractivity contribution is 0.127. The summed E-state index contributed by atoms with van der Waals surface area (Å²) in [5.41, 5.74) is 1.16.